The van der Waals surface area contributed by atoms with Gasteiger partial charge in [0.1, 0.15) is 17.3 Å². The van der Waals surface area contributed by atoms with Crippen LogP contribution >= 0.6 is 0 Å². The first-order valence-electron chi connectivity index (χ1n) is 11.2. The maximum Gasteiger partial charge on any atom is 0.161 e. The van der Waals surface area contributed by atoms with E-state index in [4.69, 9.17) is 10.5 Å². The number of ether oxygens (including phenoxy) is 1. The maximum absolute atomic E-state index is 6.77. The lowest BCUT2D eigenvalue weighted by Gasteiger charge is -2.39. The van der Waals surface area contributed by atoms with Crippen molar-refractivity contribution in [1.82, 2.24) is 9.97 Å². The lowest BCUT2D eigenvalue weighted by Crippen LogP contribution is -2.37. The average molecular weight is 416 g/mol. The summed E-state index contributed by atoms with van der Waals surface area (Å²) < 4.78 is 6.77. The van der Waals surface area contributed by atoms with Crippen molar-refractivity contribution in [1.29, 1.82) is 0 Å². The number of rotatable bonds is 7. The molecule has 0 saturated heterocycles. The number of hydrogen-bond acceptors (Lipinski definition) is 2. The summed E-state index contributed by atoms with van der Waals surface area (Å²) in [5.41, 5.74) is 12.1. The number of anilines is 1. The number of nitrogen functional groups attached to an aromatic ring is 1. The highest BCUT2D eigenvalue weighted by Crippen LogP contribution is 2.51. The van der Waals surface area contributed by atoms with Crippen LogP contribution in [0.3, 0.4) is 0 Å². The van der Waals surface area contributed by atoms with Gasteiger partial charge in [0.2, 0.25) is 0 Å². The van der Waals surface area contributed by atoms with E-state index in [0.717, 1.165) is 59.7 Å². The van der Waals surface area contributed by atoms with Crippen molar-refractivity contribution >= 4 is 5.82 Å². The predicted molar refractivity (Wildman–Crippen MR) is 130 cm³/mol. The molecule has 2 aromatic heterocycles. The number of hydrogen-bond donors (Lipinski definition) is 3. The highest BCUT2D eigenvalue weighted by atomic mass is 16.5. The molecule has 0 bridgehead atoms. The van der Waals surface area contributed by atoms with Gasteiger partial charge in [0, 0.05) is 17.3 Å². The quantitative estimate of drug-likeness (QED) is 0.432. The van der Waals surface area contributed by atoms with Crippen LogP contribution in [0.5, 0.6) is 5.75 Å². The molecule has 162 valence electrons. The smallest absolute Gasteiger partial charge is 0.161 e. The number of H-pyrrole nitrogens is 2. The molecule has 0 amide bonds. The zero-order chi connectivity index (χ0) is 22.0. The summed E-state index contributed by atoms with van der Waals surface area (Å²) in [5, 5.41) is 0. The fourth-order valence-corrected chi connectivity index (χ4v) is 4.73. The van der Waals surface area contributed by atoms with Gasteiger partial charge < -0.3 is 20.4 Å². The Hall–Kier alpha value is -3.14. The van der Waals surface area contributed by atoms with E-state index in [1.54, 1.807) is 0 Å². The standard InChI is InChI=1S/C27H33N3O/c1-5-6-7-12-19(3)27(15-10-14-21-13-9-8-11-18(21)2)22-17-24(28)30-25(22)26-23(31-27)16-20(4)29-26/h5-9,12-13,16-18,29-30H,3,10-11,14-15,28H2,1-2,4H3. The van der Waals surface area contributed by atoms with E-state index >= 15 is 0 Å². The van der Waals surface area contributed by atoms with E-state index in [1.165, 1.54) is 5.57 Å². The first-order valence-corrected chi connectivity index (χ1v) is 11.2. The van der Waals surface area contributed by atoms with Crippen LogP contribution in [0.15, 0.2) is 72.4 Å². The normalized spacial score (nSPS) is 22.4. The van der Waals surface area contributed by atoms with Gasteiger partial charge in [-0.05, 0) is 57.1 Å². The number of nitrogens with one attached hydrogen (secondary N) is 2. The van der Waals surface area contributed by atoms with Gasteiger partial charge >= 0.3 is 0 Å². The molecule has 2 aliphatic rings. The third-order valence-corrected chi connectivity index (χ3v) is 6.41. The third-order valence-electron chi connectivity index (χ3n) is 6.41. The van der Waals surface area contributed by atoms with Gasteiger partial charge in [-0.25, -0.2) is 0 Å². The molecular weight excluding hydrogens is 382 g/mol. The Kier molecular flexibility index (Phi) is 5.81. The third kappa shape index (κ3) is 3.95. The van der Waals surface area contributed by atoms with E-state index in [9.17, 15) is 0 Å². The van der Waals surface area contributed by atoms with Crippen molar-refractivity contribution in [2.24, 2.45) is 5.92 Å². The molecule has 0 spiro atoms. The first-order chi connectivity index (χ1) is 14.9. The summed E-state index contributed by atoms with van der Waals surface area (Å²) in [4.78, 5) is 6.78. The molecule has 31 heavy (non-hydrogen) atoms. The first kappa shape index (κ1) is 21.1. The Labute approximate surface area is 185 Å². The number of aromatic nitrogens is 2. The van der Waals surface area contributed by atoms with Crippen LogP contribution < -0.4 is 10.5 Å². The van der Waals surface area contributed by atoms with Crippen molar-refractivity contribution in [2.75, 3.05) is 5.73 Å². The topological polar surface area (TPSA) is 66.8 Å². The van der Waals surface area contributed by atoms with E-state index in [0.29, 0.717) is 11.7 Å². The van der Waals surface area contributed by atoms with Gasteiger partial charge in [0.15, 0.2) is 5.60 Å². The molecule has 1 aliphatic heterocycles. The molecule has 2 atom stereocenters. The van der Waals surface area contributed by atoms with Crippen LogP contribution in [-0.2, 0) is 5.60 Å². The number of nitrogens with two attached hydrogens (primary N) is 1. The summed E-state index contributed by atoms with van der Waals surface area (Å²) in [6, 6.07) is 4.07. The summed E-state index contributed by atoms with van der Waals surface area (Å²) in [6.45, 7) is 10.8. The average Bonchev–Trinajstić information content (AvgIpc) is 3.31. The number of aromatic amines is 2. The minimum Gasteiger partial charge on any atom is -0.475 e. The second-order valence-electron chi connectivity index (χ2n) is 8.70. The lowest BCUT2D eigenvalue weighted by atomic mass is 9.78. The van der Waals surface area contributed by atoms with Gasteiger partial charge in [-0.1, -0.05) is 61.6 Å². The molecule has 4 N–H and O–H groups in total. The summed E-state index contributed by atoms with van der Waals surface area (Å²) in [6.07, 6.45) is 18.8. The van der Waals surface area contributed by atoms with Gasteiger partial charge in [-0.15, -0.1) is 0 Å². The Bertz CT molecular complexity index is 1090. The Balaban J connectivity index is 1.71. The van der Waals surface area contributed by atoms with Crippen molar-refractivity contribution in [3.05, 3.63) is 83.6 Å². The minimum absolute atomic E-state index is 0.600. The van der Waals surface area contributed by atoms with Crippen LogP contribution in [0.1, 0.15) is 50.8 Å². The Morgan fingerprint density at radius 2 is 2.13 bits per heavy atom. The monoisotopic (exact) mass is 415 g/mol. The predicted octanol–water partition coefficient (Wildman–Crippen LogP) is 6.87. The van der Waals surface area contributed by atoms with Gasteiger partial charge in [-0.3, -0.25) is 0 Å². The van der Waals surface area contributed by atoms with Crippen molar-refractivity contribution in [3.63, 3.8) is 0 Å². The SMILES string of the molecule is C=C(C=CC=CC)C1(CCCC2=CC=CCC2C)Oc2cc(C)[nH]c2-c2[nH]c(N)cc21. The van der Waals surface area contributed by atoms with Crippen LogP contribution in [0, 0.1) is 12.8 Å². The molecule has 3 heterocycles. The van der Waals surface area contributed by atoms with Crippen LogP contribution in [0.25, 0.3) is 11.4 Å². The van der Waals surface area contributed by atoms with Crippen LogP contribution in [-0.4, -0.2) is 9.97 Å². The van der Waals surface area contributed by atoms with Gasteiger partial charge in [0.05, 0.1) is 5.69 Å². The summed E-state index contributed by atoms with van der Waals surface area (Å²) >= 11 is 0. The molecule has 0 radical (unpaired) electrons. The molecule has 4 heteroatoms. The van der Waals surface area contributed by atoms with Crippen LogP contribution in [0.2, 0.25) is 0 Å². The fourth-order valence-electron chi connectivity index (χ4n) is 4.73. The van der Waals surface area contributed by atoms with Crippen molar-refractivity contribution in [2.45, 2.75) is 52.1 Å². The second-order valence-corrected chi connectivity index (χ2v) is 8.70. The number of aryl methyl sites for hydroxylation is 1. The molecule has 4 rings (SSSR count). The largest absolute Gasteiger partial charge is 0.475 e. The molecule has 2 unspecified atom stereocenters. The zero-order valence-electron chi connectivity index (χ0n) is 18.8. The summed E-state index contributed by atoms with van der Waals surface area (Å²) in [5.74, 6) is 2.08. The second kappa shape index (κ2) is 8.54. The molecule has 0 aromatic carbocycles. The zero-order valence-corrected chi connectivity index (χ0v) is 18.8. The highest BCUT2D eigenvalue weighted by Gasteiger charge is 2.44. The maximum atomic E-state index is 6.77. The van der Waals surface area contributed by atoms with Crippen molar-refractivity contribution in [3.8, 4) is 17.1 Å². The molecule has 4 nitrogen and oxygen atoms in total. The minimum atomic E-state index is -0.655. The molecule has 0 fully saturated rings. The molecule has 1 aliphatic carbocycles. The van der Waals surface area contributed by atoms with Gasteiger partial charge in [-0.2, -0.15) is 0 Å². The fraction of sp³-hybridized carbons (Fsp3) is 0.333. The van der Waals surface area contributed by atoms with Gasteiger partial charge in [0.25, 0.3) is 0 Å². The molecule has 0 saturated carbocycles. The van der Waals surface area contributed by atoms with E-state index in [1.807, 2.05) is 38.1 Å². The van der Waals surface area contributed by atoms with E-state index in [2.05, 4.69) is 53.8 Å². The van der Waals surface area contributed by atoms with E-state index in [-0.39, 0.29) is 0 Å². The van der Waals surface area contributed by atoms with Crippen molar-refractivity contribution < 1.29 is 4.74 Å². The Morgan fingerprint density at radius 3 is 2.90 bits per heavy atom. The van der Waals surface area contributed by atoms with E-state index < -0.39 is 5.60 Å². The molecule has 2 aromatic rings. The summed E-state index contributed by atoms with van der Waals surface area (Å²) in [7, 11) is 0. The Morgan fingerprint density at radius 1 is 1.29 bits per heavy atom. The van der Waals surface area contributed by atoms with Crippen LogP contribution in [0.4, 0.5) is 5.82 Å². The highest BCUT2D eigenvalue weighted by molar-refractivity contribution is 5.75. The number of fused-ring (bicyclic) bond motifs is 3. The number of allylic oxidation sites excluding steroid dienone is 7. The lowest BCUT2D eigenvalue weighted by molar-refractivity contribution is 0.0946. The molecular formula is C27H33N3O.